The topological polar surface area (TPSA) is 66.4 Å². The second-order valence-corrected chi connectivity index (χ2v) is 5.97. The Morgan fingerprint density at radius 1 is 1.17 bits per heavy atom. The zero-order chi connectivity index (χ0) is 17.7. The van der Waals surface area contributed by atoms with E-state index >= 15 is 0 Å². The molecule has 0 radical (unpaired) electrons. The fraction of sp³-hybridized carbons (Fsp3) is 0.263. The zero-order valence-electron chi connectivity index (χ0n) is 13.7. The number of carboxylic acid groups (broad SMARTS) is 1. The summed E-state index contributed by atoms with van der Waals surface area (Å²) >= 11 is 0. The Kier molecular flexibility index (Phi) is 5.34. The third-order valence-corrected chi connectivity index (χ3v) is 3.96. The maximum atomic E-state index is 13.0. The molecule has 0 aromatic heterocycles. The Morgan fingerprint density at radius 2 is 1.83 bits per heavy atom. The van der Waals surface area contributed by atoms with E-state index in [9.17, 15) is 19.1 Å². The van der Waals surface area contributed by atoms with Crippen LogP contribution in [0.5, 0.6) is 0 Å². The van der Waals surface area contributed by atoms with Gasteiger partial charge in [-0.2, -0.15) is 0 Å². The van der Waals surface area contributed by atoms with Crippen molar-refractivity contribution in [1.29, 1.82) is 0 Å². The summed E-state index contributed by atoms with van der Waals surface area (Å²) in [6.07, 6.45) is 0.695. The van der Waals surface area contributed by atoms with Gasteiger partial charge in [0.15, 0.2) is 5.54 Å². The number of amides is 1. The molecule has 2 aromatic carbocycles. The number of carbonyl (C=O) groups excluding carboxylic acids is 1. The third kappa shape index (κ3) is 4.19. The van der Waals surface area contributed by atoms with E-state index in [2.05, 4.69) is 5.32 Å². The Labute approximate surface area is 140 Å². The number of hydrogen-bond donors (Lipinski definition) is 2. The molecule has 0 aliphatic rings. The van der Waals surface area contributed by atoms with Crippen molar-refractivity contribution in [2.45, 2.75) is 32.2 Å². The molecule has 0 spiro atoms. The average Bonchev–Trinajstić information content (AvgIpc) is 2.53. The number of aryl methyl sites for hydroxylation is 2. The van der Waals surface area contributed by atoms with Crippen molar-refractivity contribution >= 4 is 11.9 Å². The first-order chi connectivity index (χ1) is 11.3. The van der Waals surface area contributed by atoms with Crippen LogP contribution >= 0.6 is 0 Å². The highest BCUT2D eigenvalue weighted by Crippen LogP contribution is 2.22. The lowest BCUT2D eigenvalue weighted by Crippen LogP contribution is -2.49. The Bertz CT molecular complexity index is 743. The molecule has 0 aliphatic carbocycles. The van der Waals surface area contributed by atoms with E-state index in [0.29, 0.717) is 12.0 Å². The number of nitrogens with one attached hydrogen (secondary N) is 1. The van der Waals surface area contributed by atoms with Crippen LogP contribution in [0.15, 0.2) is 48.5 Å². The first kappa shape index (κ1) is 17.7. The summed E-state index contributed by atoms with van der Waals surface area (Å²) in [6, 6.07) is 12.9. The summed E-state index contributed by atoms with van der Waals surface area (Å²) in [7, 11) is 0. The van der Waals surface area contributed by atoms with Crippen LogP contribution in [-0.4, -0.2) is 17.0 Å². The molecule has 4 nitrogen and oxygen atoms in total. The minimum atomic E-state index is -1.60. The highest BCUT2D eigenvalue weighted by Gasteiger charge is 2.36. The summed E-state index contributed by atoms with van der Waals surface area (Å²) in [5, 5.41) is 12.1. The van der Waals surface area contributed by atoms with Gasteiger partial charge >= 0.3 is 5.97 Å². The average molecular weight is 329 g/mol. The van der Waals surface area contributed by atoms with Gasteiger partial charge in [-0.1, -0.05) is 42.0 Å². The summed E-state index contributed by atoms with van der Waals surface area (Å²) < 4.78 is 13.0. The van der Waals surface area contributed by atoms with E-state index in [0.717, 1.165) is 11.1 Å². The second kappa shape index (κ2) is 7.25. The van der Waals surface area contributed by atoms with Gasteiger partial charge in [-0.3, -0.25) is 4.79 Å². The van der Waals surface area contributed by atoms with Crippen LogP contribution in [0, 0.1) is 12.7 Å². The van der Waals surface area contributed by atoms with E-state index in [4.69, 9.17) is 0 Å². The molecule has 24 heavy (non-hydrogen) atoms. The first-order valence-electron chi connectivity index (χ1n) is 7.67. The van der Waals surface area contributed by atoms with E-state index in [1.165, 1.54) is 31.2 Å². The van der Waals surface area contributed by atoms with E-state index in [1.54, 1.807) is 0 Å². The number of halogens is 1. The van der Waals surface area contributed by atoms with Crippen LogP contribution in [-0.2, 0) is 21.5 Å². The van der Waals surface area contributed by atoms with Crippen molar-refractivity contribution in [2.24, 2.45) is 0 Å². The SMILES string of the molecule is Cc1cccc(CCC(=O)NC(C)(C(=O)O)c2ccc(F)cc2)c1. The minimum absolute atomic E-state index is 0.174. The van der Waals surface area contributed by atoms with Crippen LogP contribution in [0.4, 0.5) is 4.39 Å². The molecule has 0 bridgehead atoms. The van der Waals surface area contributed by atoms with Gasteiger partial charge in [0, 0.05) is 6.42 Å². The molecule has 126 valence electrons. The Morgan fingerprint density at radius 3 is 2.42 bits per heavy atom. The molecule has 2 rings (SSSR count). The van der Waals surface area contributed by atoms with Crippen LogP contribution in [0.25, 0.3) is 0 Å². The van der Waals surface area contributed by atoms with Gasteiger partial charge in [0.1, 0.15) is 5.82 Å². The number of rotatable bonds is 6. The van der Waals surface area contributed by atoms with Crippen LogP contribution < -0.4 is 5.32 Å². The number of carboxylic acids is 1. The van der Waals surface area contributed by atoms with E-state index in [1.807, 2.05) is 31.2 Å². The van der Waals surface area contributed by atoms with Gasteiger partial charge < -0.3 is 10.4 Å². The summed E-state index contributed by atoms with van der Waals surface area (Å²) in [6.45, 7) is 3.37. The fourth-order valence-electron chi connectivity index (χ4n) is 2.50. The van der Waals surface area contributed by atoms with E-state index < -0.39 is 17.3 Å². The number of carbonyl (C=O) groups is 2. The lowest BCUT2D eigenvalue weighted by molar-refractivity contribution is -0.147. The standard InChI is InChI=1S/C19H20FNO3/c1-13-4-3-5-14(12-13)6-11-17(22)21-19(2,18(23)24)15-7-9-16(20)10-8-15/h3-5,7-10,12H,6,11H2,1-2H3,(H,21,22)(H,23,24). The van der Waals surface area contributed by atoms with Gasteiger partial charge in [-0.15, -0.1) is 0 Å². The minimum Gasteiger partial charge on any atom is -0.479 e. The summed E-state index contributed by atoms with van der Waals surface area (Å²) in [4.78, 5) is 23.9. The lowest BCUT2D eigenvalue weighted by atomic mass is 9.91. The molecule has 0 aliphatic heterocycles. The molecule has 0 saturated heterocycles. The molecule has 0 heterocycles. The number of benzene rings is 2. The lowest BCUT2D eigenvalue weighted by Gasteiger charge is -2.27. The molecular weight excluding hydrogens is 309 g/mol. The number of hydrogen-bond acceptors (Lipinski definition) is 2. The van der Waals surface area contributed by atoms with Gasteiger partial charge in [0.05, 0.1) is 0 Å². The highest BCUT2D eigenvalue weighted by atomic mass is 19.1. The first-order valence-corrected chi connectivity index (χ1v) is 7.67. The quantitative estimate of drug-likeness (QED) is 0.855. The Hall–Kier alpha value is -2.69. The monoisotopic (exact) mass is 329 g/mol. The molecule has 2 N–H and O–H groups in total. The molecule has 0 fully saturated rings. The van der Waals surface area contributed by atoms with Crippen molar-refractivity contribution in [3.63, 3.8) is 0 Å². The molecule has 5 heteroatoms. The fourth-order valence-corrected chi connectivity index (χ4v) is 2.50. The van der Waals surface area contributed by atoms with Crippen molar-refractivity contribution in [1.82, 2.24) is 5.32 Å². The van der Waals surface area contributed by atoms with Crippen molar-refractivity contribution < 1.29 is 19.1 Å². The van der Waals surface area contributed by atoms with Gasteiger partial charge in [-0.05, 0) is 43.5 Å². The summed E-state index contributed by atoms with van der Waals surface area (Å²) in [5.41, 5.74) is 0.844. The highest BCUT2D eigenvalue weighted by molar-refractivity contribution is 5.87. The molecule has 0 saturated carbocycles. The largest absolute Gasteiger partial charge is 0.479 e. The predicted molar refractivity (Wildman–Crippen MR) is 89.0 cm³/mol. The molecular formula is C19H20FNO3. The van der Waals surface area contributed by atoms with Crippen LogP contribution in [0.3, 0.4) is 0 Å². The Balaban J connectivity index is 2.08. The maximum absolute atomic E-state index is 13.0. The van der Waals surface area contributed by atoms with Gasteiger partial charge in [0.2, 0.25) is 5.91 Å². The summed E-state index contributed by atoms with van der Waals surface area (Å²) in [5.74, 6) is -2.03. The van der Waals surface area contributed by atoms with E-state index in [-0.39, 0.29) is 12.3 Å². The number of aliphatic carboxylic acids is 1. The zero-order valence-corrected chi connectivity index (χ0v) is 13.7. The normalized spacial score (nSPS) is 13.1. The van der Waals surface area contributed by atoms with Crippen LogP contribution in [0.2, 0.25) is 0 Å². The molecule has 2 aromatic rings. The molecule has 1 atom stereocenters. The second-order valence-electron chi connectivity index (χ2n) is 5.97. The molecule has 1 unspecified atom stereocenters. The van der Waals surface area contributed by atoms with Gasteiger partial charge in [0.25, 0.3) is 0 Å². The maximum Gasteiger partial charge on any atom is 0.333 e. The van der Waals surface area contributed by atoms with Crippen molar-refractivity contribution in [2.75, 3.05) is 0 Å². The molecule has 1 amide bonds. The predicted octanol–water partition coefficient (Wildman–Crippen LogP) is 3.18. The third-order valence-electron chi connectivity index (χ3n) is 3.96. The smallest absolute Gasteiger partial charge is 0.333 e. The van der Waals surface area contributed by atoms with Crippen molar-refractivity contribution in [3.05, 3.63) is 71.0 Å². The van der Waals surface area contributed by atoms with Crippen molar-refractivity contribution in [3.8, 4) is 0 Å². The van der Waals surface area contributed by atoms with Crippen LogP contribution in [0.1, 0.15) is 30.0 Å². The van der Waals surface area contributed by atoms with Gasteiger partial charge in [-0.25, -0.2) is 9.18 Å².